The minimum absolute atomic E-state index is 0.706. The van der Waals surface area contributed by atoms with E-state index in [1.165, 1.54) is 29.9 Å². The van der Waals surface area contributed by atoms with Gasteiger partial charge in [0.2, 0.25) is 0 Å². The van der Waals surface area contributed by atoms with Gasteiger partial charge in [-0.3, -0.25) is 0 Å². The van der Waals surface area contributed by atoms with Gasteiger partial charge in [0.05, 0.1) is 7.11 Å². The number of piperidine rings is 1. The lowest BCUT2D eigenvalue weighted by molar-refractivity contribution is 0.380. The number of nitrogens with zero attached hydrogens (tertiary/aromatic N) is 4. The normalized spacial score (nSPS) is 18.6. The molecule has 27 heavy (non-hydrogen) atoms. The average Bonchev–Trinajstić information content (AvgIpc) is 2.75. The summed E-state index contributed by atoms with van der Waals surface area (Å²) in [6, 6.07) is 10.6. The number of para-hydroxylation sites is 1. The largest absolute Gasteiger partial charge is 0.496 e. The fourth-order valence-electron chi connectivity index (χ4n) is 4.02. The SMILES string of the molecule is COc1ccccc1CC1CCN(c2cc(N3CCSCC3)ncn2)CC1. The number of anilines is 2. The quantitative estimate of drug-likeness (QED) is 0.786. The average molecular weight is 385 g/mol. The van der Waals surface area contributed by atoms with Gasteiger partial charge in [0.1, 0.15) is 23.7 Å². The molecule has 5 nitrogen and oxygen atoms in total. The zero-order valence-corrected chi connectivity index (χ0v) is 16.8. The lowest BCUT2D eigenvalue weighted by atomic mass is 9.90. The molecule has 144 valence electrons. The summed E-state index contributed by atoms with van der Waals surface area (Å²) in [4.78, 5) is 13.9. The van der Waals surface area contributed by atoms with Crippen LogP contribution in [0.1, 0.15) is 18.4 Å². The molecule has 2 aliphatic rings. The minimum Gasteiger partial charge on any atom is -0.496 e. The maximum atomic E-state index is 5.51. The third-order valence-corrected chi connectivity index (χ3v) is 6.56. The van der Waals surface area contributed by atoms with Crippen LogP contribution in [0.15, 0.2) is 36.7 Å². The Kier molecular flexibility index (Phi) is 6.02. The minimum atomic E-state index is 0.706. The van der Waals surface area contributed by atoms with Crippen molar-refractivity contribution in [3.05, 3.63) is 42.2 Å². The van der Waals surface area contributed by atoms with Crippen molar-refractivity contribution >= 4 is 23.4 Å². The van der Waals surface area contributed by atoms with Gasteiger partial charge >= 0.3 is 0 Å². The summed E-state index contributed by atoms with van der Waals surface area (Å²) in [5.74, 6) is 6.25. The van der Waals surface area contributed by atoms with Gasteiger partial charge < -0.3 is 14.5 Å². The first-order valence-electron chi connectivity index (χ1n) is 9.85. The Morgan fingerprint density at radius 3 is 2.37 bits per heavy atom. The number of hydrogen-bond donors (Lipinski definition) is 0. The van der Waals surface area contributed by atoms with Gasteiger partial charge in [-0.1, -0.05) is 18.2 Å². The smallest absolute Gasteiger partial charge is 0.134 e. The van der Waals surface area contributed by atoms with Gasteiger partial charge in [-0.15, -0.1) is 0 Å². The number of hydrogen-bond acceptors (Lipinski definition) is 6. The van der Waals surface area contributed by atoms with E-state index >= 15 is 0 Å². The standard InChI is InChI=1S/C21H28N4OS/c1-26-19-5-3-2-4-18(19)14-17-6-8-24(9-7-17)20-15-21(23-16-22-20)25-10-12-27-13-11-25/h2-5,15-17H,6-14H2,1H3. The second-order valence-electron chi connectivity index (χ2n) is 7.28. The van der Waals surface area contributed by atoms with Crippen LogP contribution in [0, 0.1) is 5.92 Å². The van der Waals surface area contributed by atoms with E-state index in [0.717, 1.165) is 50.0 Å². The number of methoxy groups -OCH3 is 1. The fraction of sp³-hybridized carbons (Fsp3) is 0.524. The molecule has 2 saturated heterocycles. The zero-order chi connectivity index (χ0) is 18.5. The molecule has 0 saturated carbocycles. The van der Waals surface area contributed by atoms with Crippen LogP contribution in [0.4, 0.5) is 11.6 Å². The van der Waals surface area contributed by atoms with Crippen LogP contribution >= 0.6 is 11.8 Å². The van der Waals surface area contributed by atoms with Gasteiger partial charge in [-0.25, -0.2) is 9.97 Å². The van der Waals surface area contributed by atoms with Crippen molar-refractivity contribution in [1.29, 1.82) is 0 Å². The number of ether oxygens (including phenoxy) is 1. The summed E-state index contributed by atoms with van der Waals surface area (Å²) in [6.07, 6.45) is 5.21. The van der Waals surface area contributed by atoms with E-state index in [9.17, 15) is 0 Å². The number of rotatable bonds is 5. The molecule has 2 aliphatic heterocycles. The molecule has 0 spiro atoms. The fourth-order valence-corrected chi connectivity index (χ4v) is 4.93. The summed E-state index contributed by atoms with van der Waals surface area (Å²) in [5.41, 5.74) is 1.32. The summed E-state index contributed by atoms with van der Waals surface area (Å²) >= 11 is 2.02. The summed E-state index contributed by atoms with van der Waals surface area (Å²) in [7, 11) is 1.76. The van der Waals surface area contributed by atoms with E-state index in [1.54, 1.807) is 13.4 Å². The van der Waals surface area contributed by atoms with E-state index in [-0.39, 0.29) is 0 Å². The molecule has 3 heterocycles. The second kappa shape index (κ2) is 8.83. The van der Waals surface area contributed by atoms with Crippen molar-refractivity contribution in [1.82, 2.24) is 9.97 Å². The molecule has 6 heteroatoms. The summed E-state index contributed by atoms with van der Waals surface area (Å²) < 4.78 is 5.51. The molecule has 0 unspecified atom stereocenters. The van der Waals surface area contributed by atoms with Gasteiger partial charge in [0, 0.05) is 43.8 Å². The molecule has 1 aromatic heterocycles. The molecular formula is C21H28N4OS. The first-order chi connectivity index (χ1) is 13.3. The van der Waals surface area contributed by atoms with Crippen LogP contribution in [0.3, 0.4) is 0 Å². The third kappa shape index (κ3) is 4.49. The molecule has 0 aliphatic carbocycles. The Labute approximate surface area is 166 Å². The van der Waals surface area contributed by atoms with Crippen molar-refractivity contribution in [2.24, 2.45) is 5.92 Å². The van der Waals surface area contributed by atoms with Gasteiger partial charge in [0.25, 0.3) is 0 Å². The Morgan fingerprint density at radius 1 is 1.00 bits per heavy atom. The highest BCUT2D eigenvalue weighted by molar-refractivity contribution is 7.99. The van der Waals surface area contributed by atoms with Crippen molar-refractivity contribution < 1.29 is 4.74 Å². The van der Waals surface area contributed by atoms with Gasteiger partial charge in [-0.2, -0.15) is 11.8 Å². The monoisotopic (exact) mass is 384 g/mol. The van der Waals surface area contributed by atoms with E-state index < -0.39 is 0 Å². The highest BCUT2D eigenvalue weighted by Crippen LogP contribution is 2.29. The van der Waals surface area contributed by atoms with Gasteiger partial charge in [0.15, 0.2) is 0 Å². The molecule has 0 atom stereocenters. The lowest BCUT2D eigenvalue weighted by Crippen LogP contribution is -2.36. The first kappa shape index (κ1) is 18.4. The van der Waals surface area contributed by atoms with Crippen molar-refractivity contribution in [3.63, 3.8) is 0 Å². The highest BCUT2D eigenvalue weighted by atomic mass is 32.2. The van der Waals surface area contributed by atoms with Crippen LogP contribution in [0.2, 0.25) is 0 Å². The van der Waals surface area contributed by atoms with Crippen LogP contribution in [-0.4, -0.2) is 54.8 Å². The van der Waals surface area contributed by atoms with Crippen molar-refractivity contribution in [2.45, 2.75) is 19.3 Å². The Balaban J connectivity index is 1.36. The van der Waals surface area contributed by atoms with Crippen LogP contribution in [0.5, 0.6) is 5.75 Å². The van der Waals surface area contributed by atoms with E-state index in [0.29, 0.717) is 5.92 Å². The highest BCUT2D eigenvalue weighted by Gasteiger charge is 2.22. The predicted molar refractivity (Wildman–Crippen MR) is 113 cm³/mol. The molecule has 0 N–H and O–H groups in total. The lowest BCUT2D eigenvalue weighted by Gasteiger charge is -2.34. The molecule has 1 aromatic carbocycles. The number of aromatic nitrogens is 2. The molecule has 4 rings (SSSR count). The second-order valence-corrected chi connectivity index (χ2v) is 8.50. The number of benzene rings is 1. The van der Waals surface area contributed by atoms with Crippen LogP contribution in [0.25, 0.3) is 0 Å². The molecule has 0 amide bonds. The Hall–Kier alpha value is -1.95. The summed E-state index contributed by atoms with van der Waals surface area (Å²) in [6.45, 7) is 4.29. The van der Waals surface area contributed by atoms with E-state index in [2.05, 4.69) is 44.0 Å². The maximum Gasteiger partial charge on any atom is 0.134 e. The maximum absolute atomic E-state index is 5.51. The number of thioether (sulfide) groups is 1. The zero-order valence-electron chi connectivity index (χ0n) is 16.0. The van der Waals surface area contributed by atoms with Crippen molar-refractivity contribution in [3.8, 4) is 5.75 Å². The molecular weight excluding hydrogens is 356 g/mol. The van der Waals surface area contributed by atoms with E-state index in [4.69, 9.17) is 4.74 Å². The van der Waals surface area contributed by atoms with Gasteiger partial charge in [-0.05, 0) is 36.8 Å². The molecule has 2 fully saturated rings. The van der Waals surface area contributed by atoms with Crippen LogP contribution in [-0.2, 0) is 6.42 Å². The van der Waals surface area contributed by atoms with Crippen molar-refractivity contribution in [2.75, 3.05) is 54.6 Å². The molecule has 2 aromatic rings. The molecule has 0 bridgehead atoms. The Bertz CT molecular complexity index is 742. The third-order valence-electron chi connectivity index (χ3n) is 5.61. The first-order valence-corrected chi connectivity index (χ1v) is 11.0. The van der Waals surface area contributed by atoms with Crippen LogP contribution < -0.4 is 14.5 Å². The van der Waals surface area contributed by atoms with E-state index in [1.807, 2.05) is 17.8 Å². The Morgan fingerprint density at radius 2 is 1.67 bits per heavy atom. The summed E-state index contributed by atoms with van der Waals surface area (Å²) in [5, 5.41) is 0. The molecule has 0 radical (unpaired) electrons. The predicted octanol–water partition coefficient (Wildman–Crippen LogP) is 3.50. The topological polar surface area (TPSA) is 41.5 Å².